The highest BCUT2D eigenvalue weighted by Crippen LogP contribution is 2.24. The number of amidine groups is 1. The van der Waals surface area contributed by atoms with Crippen molar-refractivity contribution >= 4 is 22.6 Å². The van der Waals surface area contributed by atoms with Gasteiger partial charge in [-0.05, 0) is 23.5 Å². The second-order valence-electron chi connectivity index (χ2n) is 3.07. The Balaban J connectivity index is 2.05. The SMILES string of the molecule is C=C1CCN=C(Nc2ccccc2)S1. The van der Waals surface area contributed by atoms with Crippen molar-refractivity contribution in [3.63, 3.8) is 0 Å². The van der Waals surface area contributed by atoms with Gasteiger partial charge in [0.05, 0.1) is 0 Å². The smallest absolute Gasteiger partial charge is 0.165 e. The summed E-state index contributed by atoms with van der Waals surface area (Å²) in [5.41, 5.74) is 1.08. The first-order valence-electron chi connectivity index (χ1n) is 4.57. The zero-order chi connectivity index (χ0) is 9.80. The van der Waals surface area contributed by atoms with E-state index in [9.17, 15) is 0 Å². The lowest BCUT2D eigenvalue weighted by Gasteiger charge is -2.14. The largest absolute Gasteiger partial charge is 0.335 e. The molecule has 2 rings (SSSR count). The van der Waals surface area contributed by atoms with Gasteiger partial charge in [-0.3, -0.25) is 4.99 Å². The van der Waals surface area contributed by atoms with E-state index in [1.165, 1.54) is 4.91 Å². The molecule has 72 valence electrons. The van der Waals surface area contributed by atoms with E-state index in [1.54, 1.807) is 11.8 Å². The molecule has 0 radical (unpaired) electrons. The Morgan fingerprint density at radius 1 is 1.29 bits per heavy atom. The molecule has 2 nitrogen and oxygen atoms in total. The van der Waals surface area contributed by atoms with E-state index in [4.69, 9.17) is 0 Å². The average Bonchev–Trinajstić information content (AvgIpc) is 2.19. The molecule has 0 fully saturated rings. The molecular weight excluding hydrogens is 192 g/mol. The number of aliphatic imine (C=N–C) groups is 1. The van der Waals surface area contributed by atoms with Crippen LogP contribution >= 0.6 is 11.8 Å². The molecule has 1 aliphatic heterocycles. The Kier molecular flexibility index (Phi) is 2.89. The van der Waals surface area contributed by atoms with E-state index < -0.39 is 0 Å². The number of rotatable bonds is 1. The molecule has 0 aliphatic carbocycles. The van der Waals surface area contributed by atoms with Gasteiger partial charge < -0.3 is 5.32 Å². The Morgan fingerprint density at radius 2 is 2.07 bits per heavy atom. The molecule has 1 heterocycles. The van der Waals surface area contributed by atoms with E-state index in [0.717, 1.165) is 23.8 Å². The zero-order valence-electron chi connectivity index (χ0n) is 7.86. The molecule has 3 heteroatoms. The van der Waals surface area contributed by atoms with Crippen LogP contribution in [0.25, 0.3) is 0 Å². The van der Waals surface area contributed by atoms with Crippen LogP contribution < -0.4 is 5.32 Å². The summed E-state index contributed by atoms with van der Waals surface area (Å²) in [6, 6.07) is 10.1. The quantitative estimate of drug-likeness (QED) is 0.760. The molecule has 0 unspecified atom stereocenters. The van der Waals surface area contributed by atoms with Gasteiger partial charge in [-0.1, -0.05) is 36.5 Å². The summed E-state index contributed by atoms with van der Waals surface area (Å²) in [7, 11) is 0. The fraction of sp³-hybridized carbons (Fsp3) is 0.182. The third-order valence-electron chi connectivity index (χ3n) is 1.91. The number of hydrogen-bond acceptors (Lipinski definition) is 3. The maximum Gasteiger partial charge on any atom is 0.165 e. The first-order chi connectivity index (χ1) is 6.84. The molecule has 14 heavy (non-hydrogen) atoms. The van der Waals surface area contributed by atoms with Crippen LogP contribution in [0.3, 0.4) is 0 Å². The van der Waals surface area contributed by atoms with Gasteiger partial charge in [-0.15, -0.1) is 0 Å². The second kappa shape index (κ2) is 4.33. The monoisotopic (exact) mass is 204 g/mol. The molecule has 0 spiro atoms. The van der Waals surface area contributed by atoms with Crippen LogP contribution in [0.5, 0.6) is 0 Å². The lowest BCUT2D eigenvalue weighted by atomic mass is 10.3. The standard InChI is InChI=1S/C11H12N2S/c1-9-7-8-12-11(14-9)13-10-5-3-2-4-6-10/h2-6H,1,7-8H2,(H,12,13). The van der Waals surface area contributed by atoms with Gasteiger partial charge in [-0.25, -0.2) is 0 Å². The molecule has 0 aromatic heterocycles. The summed E-state index contributed by atoms with van der Waals surface area (Å²) in [5, 5.41) is 4.21. The van der Waals surface area contributed by atoms with E-state index in [-0.39, 0.29) is 0 Å². The second-order valence-corrected chi connectivity index (χ2v) is 4.24. The predicted molar refractivity (Wildman–Crippen MR) is 63.7 cm³/mol. The maximum absolute atomic E-state index is 4.38. The third kappa shape index (κ3) is 2.39. The third-order valence-corrected chi connectivity index (χ3v) is 2.83. The van der Waals surface area contributed by atoms with Crippen LogP contribution in [0.4, 0.5) is 5.69 Å². The van der Waals surface area contributed by atoms with Crippen LogP contribution in [-0.2, 0) is 0 Å². The van der Waals surface area contributed by atoms with Crippen molar-refractivity contribution in [2.24, 2.45) is 4.99 Å². The number of thioether (sulfide) groups is 1. The number of nitrogens with one attached hydrogen (secondary N) is 1. The van der Waals surface area contributed by atoms with Crippen molar-refractivity contribution in [2.75, 3.05) is 11.9 Å². The summed E-state index contributed by atoms with van der Waals surface area (Å²) in [6.45, 7) is 4.80. The first kappa shape index (κ1) is 9.34. The molecular formula is C11H12N2S. The summed E-state index contributed by atoms with van der Waals surface area (Å²) < 4.78 is 0. The van der Waals surface area contributed by atoms with E-state index in [1.807, 2.05) is 30.3 Å². The van der Waals surface area contributed by atoms with Crippen LogP contribution in [0, 0.1) is 0 Å². The lowest BCUT2D eigenvalue weighted by Crippen LogP contribution is -2.12. The molecule has 0 amide bonds. The van der Waals surface area contributed by atoms with Crippen molar-refractivity contribution in [1.82, 2.24) is 0 Å². The van der Waals surface area contributed by atoms with Gasteiger partial charge >= 0.3 is 0 Å². The van der Waals surface area contributed by atoms with Crippen LogP contribution in [0.1, 0.15) is 6.42 Å². The number of anilines is 1. The summed E-state index contributed by atoms with van der Waals surface area (Å²) in [4.78, 5) is 5.56. The minimum Gasteiger partial charge on any atom is -0.335 e. The molecule has 0 bridgehead atoms. The normalized spacial score (nSPS) is 16.3. The Hall–Kier alpha value is -1.22. The number of nitrogens with zero attached hydrogens (tertiary/aromatic N) is 1. The van der Waals surface area contributed by atoms with Crippen LogP contribution in [0.15, 0.2) is 46.8 Å². The highest BCUT2D eigenvalue weighted by molar-refractivity contribution is 8.17. The van der Waals surface area contributed by atoms with Gasteiger partial charge in [-0.2, -0.15) is 0 Å². The number of hydrogen-bond donors (Lipinski definition) is 1. The van der Waals surface area contributed by atoms with Gasteiger partial charge in [0.1, 0.15) is 0 Å². The highest BCUT2D eigenvalue weighted by atomic mass is 32.2. The average molecular weight is 204 g/mol. The number of para-hydroxylation sites is 1. The minimum absolute atomic E-state index is 0.848. The molecule has 1 aliphatic rings. The highest BCUT2D eigenvalue weighted by Gasteiger charge is 2.08. The molecule has 0 atom stereocenters. The predicted octanol–water partition coefficient (Wildman–Crippen LogP) is 3.11. The Bertz CT molecular complexity index is 357. The molecule has 1 aromatic rings. The van der Waals surface area contributed by atoms with Gasteiger partial charge in [0.25, 0.3) is 0 Å². The van der Waals surface area contributed by atoms with Crippen LogP contribution in [-0.4, -0.2) is 11.7 Å². The van der Waals surface area contributed by atoms with Crippen LogP contribution in [0.2, 0.25) is 0 Å². The fourth-order valence-electron chi connectivity index (χ4n) is 1.21. The topological polar surface area (TPSA) is 24.4 Å². The van der Waals surface area contributed by atoms with Gasteiger partial charge in [0.15, 0.2) is 5.17 Å². The van der Waals surface area contributed by atoms with Crippen molar-refractivity contribution in [3.8, 4) is 0 Å². The number of benzene rings is 1. The molecule has 1 N–H and O–H groups in total. The van der Waals surface area contributed by atoms with Gasteiger partial charge in [0.2, 0.25) is 0 Å². The van der Waals surface area contributed by atoms with Crippen molar-refractivity contribution in [2.45, 2.75) is 6.42 Å². The lowest BCUT2D eigenvalue weighted by molar-refractivity contribution is 0.994. The van der Waals surface area contributed by atoms with E-state index in [2.05, 4.69) is 16.9 Å². The first-order valence-corrected chi connectivity index (χ1v) is 5.38. The zero-order valence-corrected chi connectivity index (χ0v) is 8.68. The summed E-state index contributed by atoms with van der Waals surface area (Å²) >= 11 is 1.63. The Morgan fingerprint density at radius 3 is 2.79 bits per heavy atom. The molecule has 0 saturated heterocycles. The van der Waals surface area contributed by atoms with E-state index in [0.29, 0.717) is 0 Å². The summed E-state index contributed by atoms with van der Waals surface area (Å²) in [6.07, 6.45) is 0.991. The van der Waals surface area contributed by atoms with E-state index >= 15 is 0 Å². The molecule has 0 saturated carbocycles. The van der Waals surface area contributed by atoms with Gasteiger partial charge in [0, 0.05) is 12.2 Å². The maximum atomic E-state index is 4.38. The Labute approximate surface area is 88.1 Å². The minimum atomic E-state index is 0.848. The van der Waals surface area contributed by atoms with Crippen molar-refractivity contribution < 1.29 is 0 Å². The van der Waals surface area contributed by atoms with Crippen molar-refractivity contribution in [3.05, 3.63) is 41.8 Å². The van der Waals surface area contributed by atoms with Crippen molar-refractivity contribution in [1.29, 1.82) is 0 Å². The molecule has 1 aromatic carbocycles. The fourth-order valence-corrected chi connectivity index (χ4v) is 2.00. The summed E-state index contributed by atoms with van der Waals surface area (Å²) in [5.74, 6) is 0.